The summed E-state index contributed by atoms with van der Waals surface area (Å²) in [6.45, 7) is 0.310. The fourth-order valence-corrected chi connectivity index (χ4v) is 3.19. The van der Waals surface area contributed by atoms with Gasteiger partial charge in [-0.25, -0.2) is 0 Å². The van der Waals surface area contributed by atoms with Gasteiger partial charge in [0, 0.05) is 16.7 Å². The number of nitrogens with two attached hydrogens (primary N) is 1. The van der Waals surface area contributed by atoms with Gasteiger partial charge in [0.2, 0.25) is 0 Å². The van der Waals surface area contributed by atoms with Crippen LogP contribution in [-0.2, 0) is 4.79 Å². The first-order valence-corrected chi connectivity index (χ1v) is 7.80. The summed E-state index contributed by atoms with van der Waals surface area (Å²) in [5.41, 5.74) is 5.56. The smallest absolute Gasteiger partial charge is 0.311 e. The van der Waals surface area contributed by atoms with Crippen LogP contribution in [0.2, 0.25) is 0 Å². The minimum Gasteiger partial charge on any atom is -0.481 e. The Labute approximate surface area is 132 Å². The summed E-state index contributed by atoms with van der Waals surface area (Å²) in [5, 5.41) is 12.7. The van der Waals surface area contributed by atoms with E-state index in [2.05, 4.69) is 21.2 Å². The second-order valence-corrected chi connectivity index (χ2v) is 6.47. The van der Waals surface area contributed by atoms with Gasteiger partial charge in [-0.1, -0.05) is 35.2 Å². The van der Waals surface area contributed by atoms with Crippen LogP contribution in [0.1, 0.15) is 42.5 Å². The van der Waals surface area contributed by atoms with Crippen LogP contribution in [0.4, 0.5) is 5.69 Å². The predicted octanol–water partition coefficient (Wildman–Crippen LogP) is 3.00. The van der Waals surface area contributed by atoms with Crippen LogP contribution >= 0.6 is 15.9 Å². The molecule has 1 saturated carbocycles. The minimum absolute atomic E-state index is 0.310. The predicted molar refractivity (Wildman–Crippen MR) is 84.3 cm³/mol. The number of hydrogen-bond acceptors (Lipinski definition) is 3. The molecule has 0 heterocycles. The number of carbonyl (C=O) groups is 2. The Hall–Kier alpha value is -1.56. The van der Waals surface area contributed by atoms with E-state index in [9.17, 15) is 14.7 Å². The fourth-order valence-electron chi connectivity index (χ4n) is 2.83. The molecule has 1 aliphatic rings. The number of nitrogens with one attached hydrogen (secondary N) is 1. The van der Waals surface area contributed by atoms with Crippen molar-refractivity contribution >= 4 is 33.5 Å². The number of benzene rings is 1. The van der Waals surface area contributed by atoms with Crippen LogP contribution in [0.3, 0.4) is 0 Å². The lowest BCUT2D eigenvalue weighted by atomic mass is 9.74. The van der Waals surface area contributed by atoms with Crippen LogP contribution in [0.15, 0.2) is 22.7 Å². The Balaban J connectivity index is 2.18. The topological polar surface area (TPSA) is 92.4 Å². The number of carboxylic acids is 1. The lowest BCUT2D eigenvalue weighted by Gasteiger charge is -2.33. The van der Waals surface area contributed by atoms with Gasteiger partial charge in [-0.2, -0.15) is 0 Å². The number of primary amides is 1. The van der Waals surface area contributed by atoms with Crippen molar-refractivity contribution in [3.05, 3.63) is 28.2 Å². The number of anilines is 1. The summed E-state index contributed by atoms with van der Waals surface area (Å²) in [5.74, 6) is -1.31. The van der Waals surface area contributed by atoms with Gasteiger partial charge in [0.25, 0.3) is 5.91 Å². The lowest BCUT2D eigenvalue weighted by molar-refractivity contribution is -0.150. The highest BCUT2D eigenvalue weighted by Gasteiger charge is 2.39. The second kappa shape index (κ2) is 6.47. The van der Waals surface area contributed by atoms with Crippen molar-refractivity contribution in [3.63, 3.8) is 0 Å². The van der Waals surface area contributed by atoms with Gasteiger partial charge < -0.3 is 16.2 Å². The maximum absolute atomic E-state index is 11.6. The summed E-state index contributed by atoms with van der Waals surface area (Å²) in [7, 11) is 0. The first-order valence-electron chi connectivity index (χ1n) is 7.01. The first-order chi connectivity index (χ1) is 9.94. The molecule has 0 saturated heterocycles. The van der Waals surface area contributed by atoms with Crippen molar-refractivity contribution in [2.45, 2.75) is 32.1 Å². The Bertz CT molecular complexity index is 554. The monoisotopic (exact) mass is 354 g/mol. The van der Waals surface area contributed by atoms with Gasteiger partial charge in [-0.3, -0.25) is 9.59 Å². The van der Waals surface area contributed by atoms with Crippen LogP contribution in [0.5, 0.6) is 0 Å². The van der Waals surface area contributed by atoms with Gasteiger partial charge in [-0.15, -0.1) is 0 Å². The number of amides is 1. The molecule has 0 unspecified atom stereocenters. The van der Waals surface area contributed by atoms with E-state index in [4.69, 9.17) is 5.73 Å². The molecule has 1 amide bonds. The molecule has 0 radical (unpaired) electrons. The Morgan fingerprint density at radius 3 is 2.52 bits per heavy atom. The third-order valence-electron chi connectivity index (χ3n) is 4.13. The second-order valence-electron chi connectivity index (χ2n) is 5.55. The summed E-state index contributed by atoms with van der Waals surface area (Å²) < 4.78 is 0.757. The molecule has 21 heavy (non-hydrogen) atoms. The summed E-state index contributed by atoms with van der Waals surface area (Å²) >= 11 is 3.30. The number of aliphatic carboxylic acids is 1. The summed E-state index contributed by atoms with van der Waals surface area (Å²) in [4.78, 5) is 23.1. The molecule has 5 nitrogen and oxygen atoms in total. The van der Waals surface area contributed by atoms with Crippen LogP contribution < -0.4 is 11.1 Å². The van der Waals surface area contributed by atoms with E-state index in [0.717, 1.165) is 23.7 Å². The standard InChI is InChI=1S/C15H19BrN2O3/c16-10-4-5-12(11(8-10)13(17)19)18-9-15(14(20)21)6-2-1-3-7-15/h4-5,8,18H,1-3,6-7,9H2,(H2,17,19)(H,20,21). The highest BCUT2D eigenvalue weighted by molar-refractivity contribution is 9.10. The van der Waals surface area contributed by atoms with Gasteiger partial charge in [0.1, 0.15) is 0 Å². The lowest BCUT2D eigenvalue weighted by Crippen LogP contribution is -2.40. The minimum atomic E-state index is -0.771. The van der Waals surface area contributed by atoms with Crippen molar-refractivity contribution in [2.24, 2.45) is 11.1 Å². The molecular weight excluding hydrogens is 336 g/mol. The molecule has 0 spiro atoms. The zero-order chi connectivity index (χ0) is 15.5. The van der Waals surface area contributed by atoms with E-state index in [1.54, 1.807) is 18.2 Å². The van der Waals surface area contributed by atoms with Crippen molar-refractivity contribution < 1.29 is 14.7 Å². The van der Waals surface area contributed by atoms with Crippen LogP contribution in [0, 0.1) is 5.41 Å². The van der Waals surface area contributed by atoms with Crippen LogP contribution in [-0.4, -0.2) is 23.5 Å². The molecule has 0 atom stereocenters. The molecule has 114 valence electrons. The zero-order valence-electron chi connectivity index (χ0n) is 11.7. The van der Waals surface area contributed by atoms with Gasteiger partial charge in [0.05, 0.1) is 11.0 Å². The normalized spacial score (nSPS) is 17.2. The van der Waals surface area contributed by atoms with E-state index in [1.165, 1.54) is 0 Å². The van der Waals surface area contributed by atoms with E-state index in [1.807, 2.05) is 0 Å². The molecule has 0 bridgehead atoms. The van der Waals surface area contributed by atoms with E-state index < -0.39 is 17.3 Å². The third-order valence-corrected chi connectivity index (χ3v) is 4.62. The maximum Gasteiger partial charge on any atom is 0.311 e. The number of hydrogen-bond donors (Lipinski definition) is 3. The van der Waals surface area contributed by atoms with Gasteiger partial charge in [0.15, 0.2) is 0 Å². The molecular formula is C15H19BrN2O3. The molecule has 6 heteroatoms. The molecule has 0 aliphatic heterocycles. The average molecular weight is 355 g/mol. The number of halogens is 1. The largest absolute Gasteiger partial charge is 0.481 e. The maximum atomic E-state index is 11.6. The van der Waals surface area contributed by atoms with Crippen molar-refractivity contribution in [3.8, 4) is 0 Å². The van der Waals surface area contributed by atoms with E-state index >= 15 is 0 Å². The number of carbonyl (C=O) groups excluding carboxylic acids is 1. The number of carboxylic acid groups (broad SMARTS) is 1. The molecule has 1 aromatic carbocycles. The van der Waals surface area contributed by atoms with Crippen molar-refractivity contribution in [2.75, 3.05) is 11.9 Å². The average Bonchev–Trinajstić information content (AvgIpc) is 2.46. The zero-order valence-corrected chi connectivity index (χ0v) is 13.3. The van der Waals surface area contributed by atoms with E-state index in [-0.39, 0.29) is 0 Å². The highest BCUT2D eigenvalue weighted by atomic mass is 79.9. The Morgan fingerprint density at radius 2 is 1.95 bits per heavy atom. The van der Waals surface area contributed by atoms with Crippen molar-refractivity contribution in [1.29, 1.82) is 0 Å². The highest BCUT2D eigenvalue weighted by Crippen LogP contribution is 2.37. The molecule has 1 aliphatic carbocycles. The molecule has 1 aromatic rings. The molecule has 2 rings (SSSR count). The van der Waals surface area contributed by atoms with Gasteiger partial charge in [-0.05, 0) is 31.0 Å². The Kier molecular flexibility index (Phi) is 4.88. The third kappa shape index (κ3) is 3.56. The van der Waals surface area contributed by atoms with Crippen LogP contribution in [0.25, 0.3) is 0 Å². The molecule has 1 fully saturated rings. The molecule has 4 N–H and O–H groups in total. The van der Waals surface area contributed by atoms with Gasteiger partial charge >= 0.3 is 5.97 Å². The SMILES string of the molecule is NC(=O)c1cc(Br)ccc1NCC1(C(=O)O)CCCCC1. The first kappa shape index (κ1) is 15.8. The quantitative estimate of drug-likeness (QED) is 0.757. The van der Waals surface area contributed by atoms with E-state index in [0.29, 0.717) is 30.6 Å². The summed E-state index contributed by atoms with van der Waals surface area (Å²) in [6, 6.07) is 5.17. The van der Waals surface area contributed by atoms with Crippen molar-refractivity contribution in [1.82, 2.24) is 0 Å². The number of rotatable bonds is 5. The Morgan fingerprint density at radius 1 is 1.29 bits per heavy atom. The summed E-state index contributed by atoms with van der Waals surface area (Å²) in [6.07, 6.45) is 4.27. The fraction of sp³-hybridized carbons (Fsp3) is 0.467. The molecule has 0 aromatic heterocycles.